The lowest BCUT2D eigenvalue weighted by molar-refractivity contribution is 0.0668. The molecule has 6 heteroatoms. The molecule has 100 valence electrons. The average molecular weight is 285 g/mol. The summed E-state index contributed by atoms with van der Waals surface area (Å²) in [7, 11) is 2.56. The molecule has 0 saturated carbocycles. The van der Waals surface area contributed by atoms with Crippen molar-refractivity contribution in [3.05, 3.63) is 58.1 Å². The fraction of sp³-hybridized carbons (Fsp3) is 0.214. The quantitative estimate of drug-likeness (QED) is 0.470. The molecule has 1 atom stereocenters. The fourth-order valence-electron chi connectivity index (χ4n) is 2.39. The van der Waals surface area contributed by atoms with Gasteiger partial charge < -0.3 is 0 Å². The van der Waals surface area contributed by atoms with Crippen LogP contribution in [0.5, 0.6) is 0 Å². The SMILES string of the molecule is [C-]#[N+]C(CN1C(=O)c2ccccc2C1=O)=C1CN(P)C1. The normalized spacial score (nSPS) is 17.8. The van der Waals surface area contributed by atoms with Gasteiger partial charge in [-0.15, -0.1) is 0 Å². The number of benzene rings is 1. The van der Waals surface area contributed by atoms with Crippen LogP contribution in [-0.4, -0.2) is 41.0 Å². The highest BCUT2D eigenvalue weighted by Crippen LogP contribution is 2.27. The Balaban J connectivity index is 1.87. The van der Waals surface area contributed by atoms with Gasteiger partial charge in [0.1, 0.15) is 0 Å². The van der Waals surface area contributed by atoms with Crippen LogP contribution in [0, 0.1) is 6.57 Å². The van der Waals surface area contributed by atoms with Crippen LogP contribution in [0.15, 0.2) is 35.5 Å². The Labute approximate surface area is 118 Å². The van der Waals surface area contributed by atoms with Gasteiger partial charge in [-0.05, 0) is 17.7 Å². The lowest BCUT2D eigenvalue weighted by Crippen LogP contribution is -2.36. The van der Waals surface area contributed by atoms with E-state index in [9.17, 15) is 9.59 Å². The zero-order chi connectivity index (χ0) is 14.3. The largest absolute Gasteiger partial charge is 0.282 e. The molecule has 2 heterocycles. The number of amides is 2. The average Bonchev–Trinajstić information content (AvgIpc) is 2.67. The van der Waals surface area contributed by atoms with Crippen LogP contribution in [0.2, 0.25) is 0 Å². The van der Waals surface area contributed by atoms with Crippen molar-refractivity contribution >= 4 is 21.2 Å². The number of carbonyl (C=O) groups excluding carboxylic acids is 2. The second-order valence-electron chi connectivity index (χ2n) is 4.81. The number of hydrogen-bond donors (Lipinski definition) is 0. The molecule has 5 nitrogen and oxygen atoms in total. The van der Waals surface area contributed by atoms with Crippen molar-refractivity contribution < 1.29 is 9.59 Å². The third-order valence-electron chi connectivity index (χ3n) is 3.52. The van der Waals surface area contributed by atoms with Crippen molar-refractivity contribution in [1.29, 1.82) is 0 Å². The minimum absolute atomic E-state index is 0.0731. The third-order valence-corrected chi connectivity index (χ3v) is 3.88. The van der Waals surface area contributed by atoms with Crippen LogP contribution in [0.1, 0.15) is 20.7 Å². The molecule has 20 heavy (non-hydrogen) atoms. The summed E-state index contributed by atoms with van der Waals surface area (Å²) in [6, 6.07) is 6.77. The van der Waals surface area contributed by atoms with E-state index in [0.29, 0.717) is 29.9 Å². The van der Waals surface area contributed by atoms with Crippen LogP contribution < -0.4 is 0 Å². The van der Waals surface area contributed by atoms with Crippen LogP contribution >= 0.6 is 9.39 Å². The minimum atomic E-state index is -0.311. The Hall–Kier alpha value is -2.02. The Morgan fingerprint density at radius 2 is 1.75 bits per heavy atom. The van der Waals surface area contributed by atoms with E-state index < -0.39 is 0 Å². The van der Waals surface area contributed by atoms with Gasteiger partial charge in [0.2, 0.25) is 0 Å². The van der Waals surface area contributed by atoms with Crippen LogP contribution in [0.25, 0.3) is 4.85 Å². The highest BCUT2D eigenvalue weighted by atomic mass is 31.0. The van der Waals surface area contributed by atoms with Gasteiger partial charge in [-0.25, -0.2) is 4.85 Å². The Morgan fingerprint density at radius 1 is 1.20 bits per heavy atom. The lowest BCUT2D eigenvalue weighted by Gasteiger charge is -2.31. The van der Waals surface area contributed by atoms with Gasteiger partial charge >= 0.3 is 0 Å². The lowest BCUT2D eigenvalue weighted by atomic mass is 10.1. The molecular formula is C14H12N3O2P. The first-order chi connectivity index (χ1) is 9.61. The van der Waals surface area contributed by atoms with E-state index in [0.717, 1.165) is 10.5 Å². The molecule has 2 aliphatic heterocycles. The van der Waals surface area contributed by atoms with Gasteiger partial charge in [0, 0.05) is 13.1 Å². The van der Waals surface area contributed by atoms with Gasteiger partial charge in [-0.3, -0.25) is 19.2 Å². The zero-order valence-corrected chi connectivity index (χ0v) is 11.8. The van der Waals surface area contributed by atoms with E-state index in [1.807, 2.05) is 4.67 Å². The minimum Gasteiger partial charge on any atom is -0.282 e. The van der Waals surface area contributed by atoms with Gasteiger partial charge in [0.05, 0.1) is 24.2 Å². The second-order valence-corrected chi connectivity index (χ2v) is 5.54. The zero-order valence-electron chi connectivity index (χ0n) is 10.7. The first-order valence-electron chi connectivity index (χ1n) is 6.15. The Morgan fingerprint density at radius 3 is 2.20 bits per heavy atom. The number of carbonyl (C=O) groups is 2. The summed E-state index contributed by atoms with van der Waals surface area (Å²) in [6.07, 6.45) is 0. The number of nitrogens with zero attached hydrogens (tertiary/aromatic N) is 3. The first-order valence-corrected chi connectivity index (χ1v) is 6.66. The number of imide groups is 1. The highest BCUT2D eigenvalue weighted by Gasteiger charge is 2.36. The van der Waals surface area contributed by atoms with Crippen LogP contribution in [-0.2, 0) is 0 Å². The molecular weight excluding hydrogens is 273 g/mol. The van der Waals surface area contributed by atoms with Gasteiger partial charge in [0.15, 0.2) is 5.70 Å². The maximum Gasteiger partial charge on any atom is 0.260 e. The first kappa shape index (κ1) is 13.0. The molecule has 0 spiro atoms. The van der Waals surface area contributed by atoms with E-state index in [2.05, 4.69) is 14.2 Å². The Bertz CT molecular complexity index is 647. The highest BCUT2D eigenvalue weighted by molar-refractivity contribution is 7.13. The van der Waals surface area contributed by atoms with E-state index in [1.54, 1.807) is 24.3 Å². The number of hydrogen-bond acceptors (Lipinski definition) is 3. The summed E-state index contributed by atoms with van der Waals surface area (Å²) in [6.45, 7) is 8.72. The van der Waals surface area contributed by atoms with Crippen molar-refractivity contribution in [1.82, 2.24) is 9.57 Å². The molecule has 1 saturated heterocycles. The van der Waals surface area contributed by atoms with Crippen molar-refractivity contribution in [2.75, 3.05) is 19.6 Å². The molecule has 1 unspecified atom stereocenters. The summed E-state index contributed by atoms with van der Waals surface area (Å²) in [5.41, 5.74) is 2.34. The standard InChI is InChI=1S/C14H12N3O2P/c1-15-12(9-6-16(20)7-9)8-17-13(18)10-4-2-3-5-11(10)14(17)19/h2-5H,6-8,20H2. The summed E-state index contributed by atoms with van der Waals surface area (Å²) in [4.78, 5) is 29.1. The Kier molecular flexibility index (Phi) is 3.13. The third kappa shape index (κ3) is 1.94. The molecule has 2 aliphatic rings. The molecule has 0 N–H and O–H groups in total. The van der Waals surface area contributed by atoms with Crippen molar-refractivity contribution in [3.8, 4) is 0 Å². The monoisotopic (exact) mass is 285 g/mol. The molecule has 0 radical (unpaired) electrons. The van der Waals surface area contributed by atoms with Crippen molar-refractivity contribution in [3.63, 3.8) is 0 Å². The molecule has 0 aliphatic carbocycles. The van der Waals surface area contributed by atoms with Gasteiger partial charge in [-0.2, -0.15) is 0 Å². The smallest absolute Gasteiger partial charge is 0.260 e. The molecule has 3 rings (SSSR count). The molecule has 1 aromatic carbocycles. The molecule has 0 aromatic heterocycles. The summed E-state index contributed by atoms with van der Waals surface area (Å²) < 4.78 is 1.99. The van der Waals surface area contributed by atoms with Gasteiger partial charge in [-0.1, -0.05) is 21.5 Å². The summed E-state index contributed by atoms with van der Waals surface area (Å²) >= 11 is 0. The van der Waals surface area contributed by atoms with Crippen LogP contribution in [0.4, 0.5) is 0 Å². The second kappa shape index (κ2) is 4.82. The molecule has 1 aromatic rings. The topological polar surface area (TPSA) is 45.0 Å². The van der Waals surface area contributed by atoms with Crippen molar-refractivity contribution in [2.45, 2.75) is 0 Å². The van der Waals surface area contributed by atoms with Crippen LogP contribution in [0.3, 0.4) is 0 Å². The van der Waals surface area contributed by atoms with E-state index >= 15 is 0 Å². The maximum atomic E-state index is 12.2. The number of rotatable bonds is 2. The number of fused-ring (bicyclic) bond motifs is 1. The summed E-state index contributed by atoms with van der Waals surface area (Å²) in [5.74, 6) is -0.621. The summed E-state index contributed by atoms with van der Waals surface area (Å²) in [5, 5.41) is 0. The van der Waals surface area contributed by atoms with Gasteiger partial charge in [0.25, 0.3) is 11.8 Å². The van der Waals surface area contributed by atoms with E-state index in [1.165, 1.54) is 0 Å². The molecule has 1 fully saturated rings. The predicted molar refractivity (Wildman–Crippen MR) is 76.7 cm³/mol. The van der Waals surface area contributed by atoms with Crippen molar-refractivity contribution in [2.24, 2.45) is 0 Å². The predicted octanol–water partition coefficient (Wildman–Crippen LogP) is 1.56. The van der Waals surface area contributed by atoms with E-state index in [4.69, 9.17) is 6.57 Å². The molecule has 0 bridgehead atoms. The fourth-order valence-corrected chi connectivity index (χ4v) is 2.83. The maximum absolute atomic E-state index is 12.2. The van der Waals surface area contributed by atoms with E-state index in [-0.39, 0.29) is 18.4 Å². The molecule has 2 amide bonds.